The summed E-state index contributed by atoms with van der Waals surface area (Å²) in [6.07, 6.45) is 7.04. The summed E-state index contributed by atoms with van der Waals surface area (Å²) in [6.45, 7) is 5.00. The topological polar surface area (TPSA) is 27.3 Å². The summed E-state index contributed by atoms with van der Waals surface area (Å²) in [6, 6.07) is 2.29. The minimum atomic E-state index is 0.727. The third kappa shape index (κ3) is 1.93. The van der Waals surface area contributed by atoms with Crippen LogP contribution in [-0.4, -0.2) is 49.2 Å². The Morgan fingerprint density at radius 1 is 0.867 bits per heavy atom. The standard InChI is InChI=1S/C12H23N3/c1-2-9-15(8-1)11-5-3-4-10-12(11)14-7-6-13-10/h10-14H,1-9H2/t10-,11-,12-/m0/s1. The third-order valence-corrected chi connectivity index (χ3v) is 4.38. The first-order valence-electron chi connectivity index (χ1n) is 6.66. The molecular weight excluding hydrogens is 186 g/mol. The van der Waals surface area contributed by atoms with Gasteiger partial charge < -0.3 is 10.6 Å². The highest BCUT2D eigenvalue weighted by Crippen LogP contribution is 2.27. The molecule has 0 aromatic rings. The first-order chi connectivity index (χ1) is 7.45. The van der Waals surface area contributed by atoms with Gasteiger partial charge >= 0.3 is 0 Å². The molecule has 3 atom stereocenters. The Labute approximate surface area is 92.6 Å². The van der Waals surface area contributed by atoms with Crippen LogP contribution >= 0.6 is 0 Å². The van der Waals surface area contributed by atoms with Gasteiger partial charge in [0.15, 0.2) is 0 Å². The fourth-order valence-corrected chi connectivity index (χ4v) is 3.66. The molecule has 1 aliphatic carbocycles. The van der Waals surface area contributed by atoms with Crippen LogP contribution in [-0.2, 0) is 0 Å². The predicted octanol–water partition coefficient (Wildman–Crippen LogP) is 0.565. The molecule has 0 amide bonds. The number of piperazine rings is 1. The van der Waals surface area contributed by atoms with Crippen molar-refractivity contribution < 1.29 is 0 Å². The Balaban J connectivity index is 1.69. The van der Waals surface area contributed by atoms with Crippen LogP contribution in [0.2, 0.25) is 0 Å². The second-order valence-corrected chi connectivity index (χ2v) is 5.28. The van der Waals surface area contributed by atoms with Gasteiger partial charge in [0.25, 0.3) is 0 Å². The normalized spacial score (nSPS) is 42.8. The molecule has 2 aliphatic heterocycles. The van der Waals surface area contributed by atoms with E-state index in [0.717, 1.165) is 31.2 Å². The highest BCUT2D eigenvalue weighted by Gasteiger charge is 2.38. The quantitative estimate of drug-likeness (QED) is 0.661. The lowest BCUT2D eigenvalue weighted by molar-refractivity contribution is 0.109. The highest BCUT2D eigenvalue weighted by atomic mass is 15.2. The molecule has 86 valence electrons. The van der Waals surface area contributed by atoms with Crippen molar-refractivity contribution in [3.8, 4) is 0 Å². The Bertz CT molecular complexity index is 211. The molecule has 3 rings (SSSR count). The minimum absolute atomic E-state index is 0.727. The van der Waals surface area contributed by atoms with E-state index in [2.05, 4.69) is 15.5 Å². The maximum Gasteiger partial charge on any atom is 0.0378 e. The van der Waals surface area contributed by atoms with Crippen LogP contribution in [0, 0.1) is 0 Å². The van der Waals surface area contributed by atoms with Crippen LogP contribution in [0.1, 0.15) is 32.1 Å². The van der Waals surface area contributed by atoms with E-state index in [1.54, 1.807) is 0 Å². The molecule has 3 nitrogen and oxygen atoms in total. The van der Waals surface area contributed by atoms with Gasteiger partial charge in [0.1, 0.15) is 0 Å². The number of hydrogen-bond acceptors (Lipinski definition) is 3. The molecule has 0 spiro atoms. The van der Waals surface area contributed by atoms with Gasteiger partial charge in [-0.1, -0.05) is 6.42 Å². The smallest absolute Gasteiger partial charge is 0.0378 e. The van der Waals surface area contributed by atoms with Crippen molar-refractivity contribution in [3.63, 3.8) is 0 Å². The summed E-state index contributed by atoms with van der Waals surface area (Å²) in [4.78, 5) is 2.73. The summed E-state index contributed by atoms with van der Waals surface area (Å²) >= 11 is 0. The fourth-order valence-electron chi connectivity index (χ4n) is 3.66. The fraction of sp³-hybridized carbons (Fsp3) is 1.00. The van der Waals surface area contributed by atoms with Crippen LogP contribution < -0.4 is 10.6 Å². The zero-order valence-electron chi connectivity index (χ0n) is 9.54. The van der Waals surface area contributed by atoms with Gasteiger partial charge in [0, 0.05) is 31.2 Å². The molecule has 3 aliphatic rings. The van der Waals surface area contributed by atoms with Crippen molar-refractivity contribution in [1.82, 2.24) is 15.5 Å². The van der Waals surface area contributed by atoms with Crippen LogP contribution in [0.5, 0.6) is 0 Å². The lowest BCUT2D eigenvalue weighted by Gasteiger charge is -2.46. The molecular formula is C12H23N3. The summed E-state index contributed by atoms with van der Waals surface area (Å²) in [5.74, 6) is 0. The number of rotatable bonds is 1. The van der Waals surface area contributed by atoms with E-state index < -0.39 is 0 Å². The second kappa shape index (κ2) is 4.40. The lowest BCUT2D eigenvalue weighted by atomic mass is 9.84. The number of nitrogens with one attached hydrogen (secondary N) is 2. The Kier molecular flexibility index (Phi) is 2.95. The first-order valence-corrected chi connectivity index (χ1v) is 6.66. The van der Waals surface area contributed by atoms with Crippen LogP contribution in [0.3, 0.4) is 0 Å². The van der Waals surface area contributed by atoms with Gasteiger partial charge in [0.2, 0.25) is 0 Å². The lowest BCUT2D eigenvalue weighted by Crippen LogP contribution is -2.65. The van der Waals surface area contributed by atoms with E-state index in [1.165, 1.54) is 45.2 Å². The van der Waals surface area contributed by atoms with E-state index in [0.29, 0.717) is 0 Å². The highest BCUT2D eigenvalue weighted by molar-refractivity contribution is 4.99. The van der Waals surface area contributed by atoms with Crippen LogP contribution in [0.15, 0.2) is 0 Å². The van der Waals surface area contributed by atoms with Crippen LogP contribution in [0.25, 0.3) is 0 Å². The minimum Gasteiger partial charge on any atom is -0.311 e. The van der Waals surface area contributed by atoms with Crippen molar-refractivity contribution in [2.24, 2.45) is 0 Å². The Hall–Kier alpha value is -0.120. The maximum atomic E-state index is 3.74. The zero-order valence-corrected chi connectivity index (χ0v) is 9.54. The Morgan fingerprint density at radius 2 is 1.67 bits per heavy atom. The van der Waals surface area contributed by atoms with E-state index in [1.807, 2.05) is 0 Å². The van der Waals surface area contributed by atoms with E-state index >= 15 is 0 Å². The van der Waals surface area contributed by atoms with E-state index in [-0.39, 0.29) is 0 Å². The van der Waals surface area contributed by atoms with E-state index in [4.69, 9.17) is 0 Å². The summed E-state index contributed by atoms with van der Waals surface area (Å²) < 4.78 is 0. The molecule has 1 saturated carbocycles. The molecule has 2 heterocycles. The summed E-state index contributed by atoms with van der Waals surface area (Å²) in [7, 11) is 0. The van der Waals surface area contributed by atoms with Crippen molar-refractivity contribution in [2.75, 3.05) is 26.2 Å². The van der Waals surface area contributed by atoms with Gasteiger partial charge in [-0.05, 0) is 38.8 Å². The number of nitrogens with zero attached hydrogens (tertiary/aromatic N) is 1. The third-order valence-electron chi connectivity index (χ3n) is 4.38. The summed E-state index contributed by atoms with van der Waals surface area (Å²) in [5, 5.41) is 7.43. The predicted molar refractivity (Wildman–Crippen MR) is 62.0 cm³/mol. The van der Waals surface area contributed by atoms with Gasteiger partial charge in [-0.3, -0.25) is 4.90 Å². The van der Waals surface area contributed by atoms with Gasteiger partial charge in [-0.25, -0.2) is 0 Å². The van der Waals surface area contributed by atoms with Gasteiger partial charge in [-0.2, -0.15) is 0 Å². The molecule has 0 aromatic heterocycles. The Morgan fingerprint density at radius 3 is 2.53 bits per heavy atom. The molecule has 3 fully saturated rings. The number of likely N-dealkylation sites (tertiary alicyclic amines) is 1. The molecule has 0 unspecified atom stereocenters. The van der Waals surface area contributed by atoms with Crippen molar-refractivity contribution in [3.05, 3.63) is 0 Å². The molecule has 2 saturated heterocycles. The average molecular weight is 209 g/mol. The molecule has 0 bridgehead atoms. The van der Waals surface area contributed by atoms with Crippen LogP contribution in [0.4, 0.5) is 0 Å². The van der Waals surface area contributed by atoms with E-state index in [9.17, 15) is 0 Å². The summed E-state index contributed by atoms with van der Waals surface area (Å²) in [5.41, 5.74) is 0. The van der Waals surface area contributed by atoms with Crippen molar-refractivity contribution >= 4 is 0 Å². The first kappa shape index (κ1) is 10.1. The van der Waals surface area contributed by atoms with Gasteiger partial charge in [0.05, 0.1) is 0 Å². The molecule has 0 radical (unpaired) electrons. The molecule has 15 heavy (non-hydrogen) atoms. The SMILES string of the molecule is C1C[C@@H]2NCCN[C@@H]2[C@@H](N2CCCC2)C1. The van der Waals surface area contributed by atoms with Crippen molar-refractivity contribution in [1.29, 1.82) is 0 Å². The number of fused-ring (bicyclic) bond motifs is 1. The molecule has 0 aromatic carbocycles. The maximum absolute atomic E-state index is 3.74. The zero-order chi connectivity index (χ0) is 10.1. The monoisotopic (exact) mass is 209 g/mol. The van der Waals surface area contributed by atoms with Gasteiger partial charge in [-0.15, -0.1) is 0 Å². The largest absolute Gasteiger partial charge is 0.311 e. The molecule has 3 heteroatoms. The van der Waals surface area contributed by atoms with Crippen molar-refractivity contribution in [2.45, 2.75) is 50.2 Å². The second-order valence-electron chi connectivity index (χ2n) is 5.28. The number of hydrogen-bond donors (Lipinski definition) is 2. The molecule has 2 N–H and O–H groups in total. The average Bonchev–Trinajstić information content (AvgIpc) is 2.82.